The molecule has 2 aliphatic heterocycles. The molecular formula is C18H20N2O7P. The second-order valence-corrected chi connectivity index (χ2v) is 8.39. The van der Waals surface area contributed by atoms with Gasteiger partial charge in [-0.1, -0.05) is 12.1 Å². The van der Waals surface area contributed by atoms with Crippen molar-refractivity contribution in [1.29, 1.82) is 0 Å². The van der Waals surface area contributed by atoms with Gasteiger partial charge in [0.25, 0.3) is 13.9 Å². The zero-order valence-electron chi connectivity index (χ0n) is 14.9. The molecule has 9 nitrogen and oxygen atoms in total. The van der Waals surface area contributed by atoms with Crippen molar-refractivity contribution in [3.05, 3.63) is 48.3 Å². The summed E-state index contributed by atoms with van der Waals surface area (Å²) in [7, 11) is -3.33. The Morgan fingerprint density at radius 2 is 2.04 bits per heavy atom. The topological polar surface area (TPSA) is 119 Å². The standard InChI is InChI=1S/C18H20N2O7P/c21-17-16(27-15-4-2-1-3-13(15)20-17)7-8-24-12-5-6-14(19-11-12)18(22)28(23)25-9-10-26-28/h1-6,11,16,18,22-23H,7-10H2,(H,20,21). The Hall–Kier alpha value is -2.29. The first-order chi connectivity index (χ1) is 13.5. The fourth-order valence-electron chi connectivity index (χ4n) is 2.88. The molecule has 0 spiro atoms. The Labute approximate surface area is 161 Å². The van der Waals surface area contributed by atoms with Crippen LogP contribution in [0.3, 0.4) is 0 Å². The number of carbonyl (C=O) groups excluding carboxylic acids is 1. The van der Waals surface area contributed by atoms with Crippen LogP contribution in [-0.2, 0) is 13.8 Å². The molecule has 4 rings (SSSR count). The lowest BCUT2D eigenvalue weighted by molar-refractivity contribution is -0.124. The first kappa shape index (κ1) is 19.0. The van der Waals surface area contributed by atoms with E-state index in [1.165, 1.54) is 12.3 Å². The number of hydrogen-bond acceptors (Lipinski definition) is 8. The van der Waals surface area contributed by atoms with Crippen LogP contribution in [0.1, 0.15) is 18.0 Å². The van der Waals surface area contributed by atoms with Gasteiger partial charge in [0.1, 0.15) is 11.5 Å². The summed E-state index contributed by atoms with van der Waals surface area (Å²) >= 11 is 0. The number of amides is 1. The number of pyridine rings is 1. The van der Waals surface area contributed by atoms with Crippen molar-refractivity contribution in [2.45, 2.75) is 18.4 Å². The molecule has 1 amide bonds. The van der Waals surface area contributed by atoms with E-state index in [9.17, 15) is 14.8 Å². The second-order valence-electron chi connectivity index (χ2n) is 6.25. The van der Waals surface area contributed by atoms with Crippen LogP contribution < -0.4 is 14.8 Å². The van der Waals surface area contributed by atoms with Gasteiger partial charge in [-0.05, 0) is 24.3 Å². The summed E-state index contributed by atoms with van der Waals surface area (Å²) in [5.74, 6) is -0.452. The number of nitrogens with one attached hydrogen (secondary N) is 1. The molecule has 1 aromatic heterocycles. The van der Waals surface area contributed by atoms with Gasteiger partial charge in [-0.25, -0.2) is 0 Å². The zero-order chi connectivity index (χ0) is 19.6. The van der Waals surface area contributed by atoms with E-state index in [0.717, 1.165) is 0 Å². The first-order valence-electron chi connectivity index (χ1n) is 8.79. The molecule has 2 aromatic rings. The molecule has 3 heterocycles. The lowest BCUT2D eigenvalue weighted by Gasteiger charge is -2.26. The fraction of sp³-hybridized carbons (Fsp3) is 0.333. The summed E-state index contributed by atoms with van der Waals surface area (Å²) in [6, 6.07) is 10.4. The lowest BCUT2D eigenvalue weighted by atomic mass is 10.2. The van der Waals surface area contributed by atoms with Gasteiger partial charge in [-0.3, -0.25) is 9.78 Å². The summed E-state index contributed by atoms with van der Waals surface area (Å²) in [4.78, 5) is 26.4. The zero-order valence-corrected chi connectivity index (χ0v) is 15.7. The Kier molecular flexibility index (Phi) is 5.43. The third-order valence-electron chi connectivity index (χ3n) is 4.32. The van der Waals surface area contributed by atoms with Gasteiger partial charge in [-0.15, -0.1) is 0 Å². The number of aliphatic hydroxyl groups is 1. The normalized spacial score (nSPS) is 21.4. The SMILES string of the molecule is O=C1Nc2ccccc2OC1CCOc1ccc(C(O)[P]2(O)OCCO2)nc1. The number of fused-ring (bicyclic) bond motifs is 1. The number of rotatable bonds is 6. The van der Waals surface area contributed by atoms with E-state index in [-0.39, 0.29) is 31.4 Å². The highest BCUT2D eigenvalue weighted by Crippen LogP contribution is 2.69. The van der Waals surface area contributed by atoms with E-state index < -0.39 is 19.9 Å². The molecule has 28 heavy (non-hydrogen) atoms. The molecule has 0 aliphatic carbocycles. The number of hydrogen-bond donors (Lipinski definition) is 3. The largest absolute Gasteiger partial charge is 0.492 e. The lowest BCUT2D eigenvalue weighted by Crippen LogP contribution is -2.38. The number of aromatic nitrogens is 1. The van der Waals surface area contributed by atoms with Crippen molar-refractivity contribution in [2.24, 2.45) is 0 Å². The van der Waals surface area contributed by atoms with Crippen molar-refractivity contribution < 1.29 is 33.3 Å². The van der Waals surface area contributed by atoms with Crippen molar-refractivity contribution in [3.8, 4) is 11.5 Å². The van der Waals surface area contributed by atoms with Gasteiger partial charge >= 0.3 is 0 Å². The van der Waals surface area contributed by atoms with Crippen molar-refractivity contribution in [2.75, 3.05) is 25.1 Å². The average Bonchev–Trinajstić information content (AvgIpc) is 3.16. The smallest absolute Gasteiger partial charge is 0.266 e. The van der Waals surface area contributed by atoms with E-state index in [2.05, 4.69) is 10.3 Å². The molecule has 2 atom stereocenters. The number of ether oxygens (including phenoxy) is 2. The summed E-state index contributed by atoms with van der Waals surface area (Å²) in [6.07, 6.45) is 1.15. The molecule has 1 aromatic carbocycles. The van der Waals surface area contributed by atoms with E-state index in [1.807, 2.05) is 12.1 Å². The molecule has 0 bridgehead atoms. The Bertz CT molecular complexity index is 842. The van der Waals surface area contributed by atoms with Gasteiger partial charge in [0.2, 0.25) is 0 Å². The van der Waals surface area contributed by atoms with E-state index in [0.29, 0.717) is 23.6 Å². The van der Waals surface area contributed by atoms with Crippen LogP contribution in [0, 0.1) is 0 Å². The molecule has 1 fully saturated rings. The molecule has 2 unspecified atom stereocenters. The Morgan fingerprint density at radius 1 is 1.25 bits per heavy atom. The van der Waals surface area contributed by atoms with Crippen LogP contribution in [0.4, 0.5) is 5.69 Å². The maximum Gasteiger partial charge on any atom is 0.266 e. The van der Waals surface area contributed by atoms with Crippen molar-refractivity contribution >= 4 is 19.5 Å². The number of carbonyl (C=O) groups is 1. The number of para-hydroxylation sites is 2. The van der Waals surface area contributed by atoms with Gasteiger partial charge in [0.05, 0.1) is 37.4 Å². The van der Waals surface area contributed by atoms with Gasteiger partial charge in [-0.2, -0.15) is 0 Å². The maximum absolute atomic E-state index is 12.1. The summed E-state index contributed by atoms with van der Waals surface area (Å²) in [5, 5.41) is 13.0. The third-order valence-corrected chi connectivity index (χ3v) is 6.31. The van der Waals surface area contributed by atoms with E-state index in [1.54, 1.807) is 18.2 Å². The highest BCUT2D eigenvalue weighted by molar-refractivity contribution is 7.60. The van der Waals surface area contributed by atoms with Crippen LogP contribution in [0.5, 0.6) is 11.5 Å². The second kappa shape index (κ2) is 7.98. The van der Waals surface area contributed by atoms with Gasteiger partial charge in [0, 0.05) is 6.42 Å². The number of anilines is 1. The number of nitrogens with zero attached hydrogens (tertiary/aromatic N) is 1. The minimum absolute atomic E-state index is 0.215. The predicted molar refractivity (Wildman–Crippen MR) is 99.8 cm³/mol. The average molecular weight is 407 g/mol. The minimum atomic E-state index is -3.33. The Morgan fingerprint density at radius 3 is 2.79 bits per heavy atom. The van der Waals surface area contributed by atoms with Crippen molar-refractivity contribution in [3.63, 3.8) is 0 Å². The monoisotopic (exact) mass is 407 g/mol. The van der Waals surface area contributed by atoms with Gasteiger partial charge < -0.3 is 33.8 Å². The molecule has 2 aliphatic rings. The van der Waals surface area contributed by atoms with Crippen LogP contribution in [0.2, 0.25) is 0 Å². The van der Waals surface area contributed by atoms with E-state index >= 15 is 0 Å². The minimum Gasteiger partial charge on any atom is -0.492 e. The molecule has 3 N–H and O–H groups in total. The Balaban J connectivity index is 1.30. The number of aliphatic hydroxyl groups excluding tert-OH is 1. The fourth-order valence-corrected chi connectivity index (χ4v) is 4.39. The first-order valence-corrected chi connectivity index (χ1v) is 10.4. The molecule has 1 saturated heterocycles. The van der Waals surface area contributed by atoms with Crippen LogP contribution in [0.25, 0.3) is 0 Å². The van der Waals surface area contributed by atoms with Crippen LogP contribution in [-0.4, -0.2) is 46.8 Å². The molecule has 10 heteroatoms. The third kappa shape index (κ3) is 3.94. The quantitative estimate of drug-likeness (QED) is 0.623. The van der Waals surface area contributed by atoms with E-state index in [4.69, 9.17) is 18.5 Å². The van der Waals surface area contributed by atoms with Crippen molar-refractivity contribution in [1.82, 2.24) is 4.98 Å². The summed E-state index contributed by atoms with van der Waals surface area (Å²) in [6.45, 7) is 0.723. The highest BCUT2D eigenvalue weighted by Gasteiger charge is 2.42. The summed E-state index contributed by atoms with van der Waals surface area (Å²) in [5.41, 5.74) is 0.888. The molecule has 0 saturated carbocycles. The summed E-state index contributed by atoms with van der Waals surface area (Å²) < 4.78 is 21.6. The molecular weight excluding hydrogens is 387 g/mol. The molecule has 149 valence electrons. The highest BCUT2D eigenvalue weighted by atomic mass is 31.2. The van der Waals surface area contributed by atoms with Crippen LogP contribution >= 0.6 is 7.94 Å². The predicted octanol–water partition coefficient (Wildman–Crippen LogP) is 2.04. The van der Waals surface area contributed by atoms with Gasteiger partial charge in [0.15, 0.2) is 11.9 Å². The van der Waals surface area contributed by atoms with Crippen LogP contribution in [0.15, 0.2) is 42.6 Å². The molecule has 1 radical (unpaired) electrons. The maximum atomic E-state index is 12.1. The number of benzene rings is 1.